The molecule has 37 heavy (non-hydrogen) atoms. The minimum absolute atomic E-state index is 0.101. The first-order valence-corrected chi connectivity index (χ1v) is 13.5. The van der Waals surface area contributed by atoms with Gasteiger partial charge in [0.05, 0.1) is 36.7 Å². The molecule has 1 aliphatic rings. The summed E-state index contributed by atoms with van der Waals surface area (Å²) in [5.74, 6) is 1.30. The molecule has 4 aromatic rings. The van der Waals surface area contributed by atoms with Crippen LogP contribution in [0.4, 0.5) is 5.82 Å². The Morgan fingerprint density at radius 1 is 1.11 bits per heavy atom. The van der Waals surface area contributed by atoms with E-state index in [2.05, 4.69) is 27.2 Å². The molecule has 5 heterocycles. The van der Waals surface area contributed by atoms with Crippen LogP contribution in [-0.4, -0.2) is 73.8 Å². The van der Waals surface area contributed by atoms with E-state index in [4.69, 9.17) is 14.7 Å². The summed E-state index contributed by atoms with van der Waals surface area (Å²) in [4.78, 5) is 42.3. The van der Waals surface area contributed by atoms with Gasteiger partial charge in [0.2, 0.25) is 5.43 Å². The van der Waals surface area contributed by atoms with Gasteiger partial charge in [0.1, 0.15) is 17.0 Å². The van der Waals surface area contributed by atoms with Gasteiger partial charge in [0, 0.05) is 38.1 Å². The largest absolute Gasteiger partial charge is 0.378 e. The van der Waals surface area contributed by atoms with Gasteiger partial charge < -0.3 is 19.5 Å². The smallest absolute Gasteiger partial charge is 0.256 e. The molecule has 0 bridgehead atoms. The van der Waals surface area contributed by atoms with Crippen LogP contribution in [0.15, 0.2) is 34.5 Å². The third kappa shape index (κ3) is 5.03. The summed E-state index contributed by atoms with van der Waals surface area (Å²) in [6.45, 7) is 10.0. The highest BCUT2D eigenvalue weighted by atomic mass is 32.2. The zero-order valence-corrected chi connectivity index (χ0v) is 22.0. The molecular formula is C25H30N8O3S. The molecule has 11 nitrogen and oxygen atoms in total. The van der Waals surface area contributed by atoms with Crippen LogP contribution in [0, 0.1) is 6.92 Å². The normalized spacial score (nSPS) is 14.0. The van der Waals surface area contributed by atoms with Crippen LogP contribution in [0.2, 0.25) is 0 Å². The topological polar surface area (TPSA) is 120 Å². The highest BCUT2D eigenvalue weighted by Gasteiger charge is 2.21. The molecule has 0 radical (unpaired) electrons. The zero-order valence-electron chi connectivity index (χ0n) is 21.2. The molecule has 1 amide bonds. The Labute approximate surface area is 218 Å². The van der Waals surface area contributed by atoms with E-state index in [0.717, 1.165) is 41.4 Å². The molecular weight excluding hydrogens is 492 g/mol. The lowest BCUT2D eigenvalue weighted by atomic mass is 10.1. The zero-order chi connectivity index (χ0) is 25.9. The lowest BCUT2D eigenvalue weighted by Gasteiger charge is -2.28. The highest BCUT2D eigenvalue weighted by Crippen LogP contribution is 2.27. The number of thioether (sulfide) groups is 1. The van der Waals surface area contributed by atoms with Gasteiger partial charge in [-0.2, -0.15) is 5.10 Å². The molecule has 1 N–H and O–H groups in total. The number of nitrogens with one attached hydrogen (secondary N) is 1. The number of pyridine rings is 2. The number of morpholine rings is 1. The van der Waals surface area contributed by atoms with Gasteiger partial charge in [-0.05, 0) is 31.7 Å². The van der Waals surface area contributed by atoms with Crippen LogP contribution < -0.4 is 15.6 Å². The van der Waals surface area contributed by atoms with Crippen LogP contribution in [0.25, 0.3) is 22.1 Å². The first kappa shape index (κ1) is 25.2. The summed E-state index contributed by atoms with van der Waals surface area (Å²) < 4.78 is 9.11. The van der Waals surface area contributed by atoms with E-state index >= 15 is 0 Å². The summed E-state index contributed by atoms with van der Waals surface area (Å²) in [6.07, 6.45) is 3.37. The van der Waals surface area contributed by atoms with Crippen molar-refractivity contribution >= 4 is 45.6 Å². The van der Waals surface area contributed by atoms with Gasteiger partial charge in [-0.25, -0.2) is 19.6 Å². The van der Waals surface area contributed by atoms with E-state index in [0.29, 0.717) is 49.0 Å². The summed E-state index contributed by atoms with van der Waals surface area (Å²) in [5.41, 5.74) is 1.91. The predicted octanol–water partition coefficient (Wildman–Crippen LogP) is 2.24. The summed E-state index contributed by atoms with van der Waals surface area (Å²) >= 11 is 1.58. The number of anilines is 1. The third-order valence-corrected chi connectivity index (χ3v) is 7.02. The first-order chi connectivity index (χ1) is 18.0. The van der Waals surface area contributed by atoms with Gasteiger partial charge in [0.25, 0.3) is 5.91 Å². The number of hydrogen-bond acceptors (Lipinski definition) is 9. The van der Waals surface area contributed by atoms with E-state index < -0.39 is 5.91 Å². The van der Waals surface area contributed by atoms with Gasteiger partial charge in [-0.1, -0.05) is 18.7 Å². The molecule has 194 valence electrons. The molecule has 0 saturated carbocycles. The molecule has 0 aliphatic carbocycles. The maximum atomic E-state index is 13.0. The molecule has 0 spiro atoms. The Balaban J connectivity index is 1.37. The van der Waals surface area contributed by atoms with Gasteiger partial charge in [0.15, 0.2) is 10.8 Å². The molecule has 0 aromatic carbocycles. The predicted molar refractivity (Wildman–Crippen MR) is 144 cm³/mol. The fourth-order valence-electron chi connectivity index (χ4n) is 4.43. The van der Waals surface area contributed by atoms with Crippen LogP contribution in [-0.2, 0) is 17.8 Å². The second kappa shape index (κ2) is 10.9. The standard InChI is InChI=1S/C25H30N8O3S/c1-4-31-15-19(20(34)17-7-6-16(3)28-21(17)31)24(35)26-8-9-33-23-18(14-27-33)22(29-25(30-23)37-5-2)32-10-12-36-13-11-32/h6-7,14-15H,4-5,8-13H2,1-3H3,(H,26,35). The molecule has 0 atom stereocenters. The summed E-state index contributed by atoms with van der Waals surface area (Å²) in [6, 6.07) is 3.52. The first-order valence-electron chi connectivity index (χ1n) is 12.5. The van der Waals surface area contributed by atoms with Crippen molar-refractivity contribution in [1.29, 1.82) is 0 Å². The van der Waals surface area contributed by atoms with E-state index in [1.165, 1.54) is 0 Å². The Bertz CT molecular complexity index is 1510. The number of aromatic nitrogens is 6. The SMILES string of the molecule is CCSc1nc(N2CCOCC2)c2cnn(CCNC(=O)c3cn(CC)c4nc(C)ccc4c3=O)c2n1. The maximum absolute atomic E-state index is 13.0. The number of amides is 1. The number of nitrogens with zero attached hydrogens (tertiary/aromatic N) is 7. The van der Waals surface area contributed by atoms with E-state index in [-0.39, 0.29) is 11.0 Å². The van der Waals surface area contributed by atoms with Gasteiger partial charge >= 0.3 is 0 Å². The van der Waals surface area contributed by atoms with Crippen molar-refractivity contribution in [1.82, 2.24) is 34.6 Å². The molecule has 0 unspecified atom stereocenters. The minimum Gasteiger partial charge on any atom is -0.378 e. The van der Waals surface area contributed by atoms with E-state index in [1.807, 2.05) is 18.4 Å². The van der Waals surface area contributed by atoms with Crippen molar-refractivity contribution in [3.63, 3.8) is 0 Å². The number of ether oxygens (including phenoxy) is 1. The molecule has 1 aliphatic heterocycles. The second-order valence-electron chi connectivity index (χ2n) is 8.70. The number of carbonyl (C=O) groups excluding carboxylic acids is 1. The fraction of sp³-hybridized carbons (Fsp3) is 0.440. The van der Waals surface area contributed by atoms with Crippen LogP contribution >= 0.6 is 11.8 Å². The van der Waals surface area contributed by atoms with Crippen LogP contribution in [0.5, 0.6) is 0 Å². The molecule has 1 saturated heterocycles. The Morgan fingerprint density at radius 2 is 1.92 bits per heavy atom. The van der Waals surface area contributed by atoms with Crippen molar-refractivity contribution in [3.8, 4) is 0 Å². The Morgan fingerprint density at radius 3 is 2.68 bits per heavy atom. The van der Waals surface area contributed by atoms with Crippen molar-refractivity contribution in [3.05, 3.63) is 46.0 Å². The van der Waals surface area contributed by atoms with Crippen molar-refractivity contribution in [2.75, 3.05) is 43.5 Å². The summed E-state index contributed by atoms with van der Waals surface area (Å²) in [7, 11) is 0. The maximum Gasteiger partial charge on any atom is 0.256 e. The lowest BCUT2D eigenvalue weighted by Crippen LogP contribution is -2.37. The third-order valence-electron chi connectivity index (χ3n) is 6.29. The number of fused-ring (bicyclic) bond motifs is 2. The van der Waals surface area contributed by atoms with Gasteiger partial charge in [-0.3, -0.25) is 9.59 Å². The molecule has 4 aromatic heterocycles. The Kier molecular flexibility index (Phi) is 7.38. The van der Waals surface area contributed by atoms with Crippen molar-refractivity contribution in [2.24, 2.45) is 0 Å². The van der Waals surface area contributed by atoms with Crippen LogP contribution in [0.1, 0.15) is 29.9 Å². The number of hydrogen-bond donors (Lipinski definition) is 1. The van der Waals surface area contributed by atoms with E-state index in [1.54, 1.807) is 41.0 Å². The molecule has 12 heteroatoms. The molecule has 5 rings (SSSR count). The summed E-state index contributed by atoms with van der Waals surface area (Å²) in [5, 5.41) is 9.42. The van der Waals surface area contributed by atoms with Gasteiger partial charge in [-0.15, -0.1) is 0 Å². The number of rotatable bonds is 8. The average Bonchev–Trinajstić information content (AvgIpc) is 3.32. The second-order valence-corrected chi connectivity index (χ2v) is 9.94. The average molecular weight is 523 g/mol. The number of carbonyl (C=O) groups is 1. The quantitative estimate of drug-likeness (QED) is 0.274. The Hall–Kier alpha value is -3.51. The van der Waals surface area contributed by atoms with Crippen LogP contribution in [0.3, 0.4) is 0 Å². The minimum atomic E-state index is -0.419. The monoisotopic (exact) mass is 522 g/mol. The number of aryl methyl sites for hydroxylation is 2. The highest BCUT2D eigenvalue weighted by molar-refractivity contribution is 7.99. The molecule has 1 fully saturated rings. The van der Waals surface area contributed by atoms with E-state index in [9.17, 15) is 9.59 Å². The fourth-order valence-corrected chi connectivity index (χ4v) is 4.99. The van der Waals surface area contributed by atoms with Crippen molar-refractivity contribution < 1.29 is 9.53 Å². The van der Waals surface area contributed by atoms with Crippen molar-refractivity contribution in [2.45, 2.75) is 39.0 Å². The lowest BCUT2D eigenvalue weighted by molar-refractivity contribution is 0.0950.